The first-order valence-corrected chi connectivity index (χ1v) is 6.39. The van der Waals surface area contributed by atoms with E-state index in [1.165, 1.54) is 6.42 Å². The summed E-state index contributed by atoms with van der Waals surface area (Å²) in [5.41, 5.74) is 2.15. The number of aryl methyl sites for hydroxylation is 1. The van der Waals surface area contributed by atoms with Crippen LogP contribution in [0.1, 0.15) is 31.1 Å². The van der Waals surface area contributed by atoms with Gasteiger partial charge in [0.2, 0.25) is 0 Å². The van der Waals surface area contributed by atoms with Crippen LogP contribution in [0.25, 0.3) is 10.9 Å². The highest BCUT2D eigenvalue weighted by atomic mass is 35.5. The second kappa shape index (κ2) is 4.31. The molecule has 3 nitrogen and oxygen atoms in total. The number of hydrogen-bond donors (Lipinski definition) is 0. The first-order valence-electron chi connectivity index (χ1n) is 6.01. The molecule has 0 radical (unpaired) electrons. The molecule has 2 heterocycles. The molecule has 4 heteroatoms. The summed E-state index contributed by atoms with van der Waals surface area (Å²) in [7, 11) is 0. The molecule has 3 rings (SSSR count). The minimum absolute atomic E-state index is 0.0695. The molecule has 0 N–H and O–H groups in total. The molecule has 1 aliphatic heterocycles. The van der Waals surface area contributed by atoms with Crippen molar-refractivity contribution in [3.63, 3.8) is 0 Å². The summed E-state index contributed by atoms with van der Waals surface area (Å²) < 4.78 is 7.72. The molecule has 0 amide bonds. The van der Waals surface area contributed by atoms with Crippen LogP contribution in [0.2, 0.25) is 5.02 Å². The highest BCUT2D eigenvalue weighted by Crippen LogP contribution is 2.30. The van der Waals surface area contributed by atoms with Crippen LogP contribution < -0.4 is 0 Å². The first-order chi connectivity index (χ1) is 8.27. The van der Waals surface area contributed by atoms with Crippen LogP contribution in [0.4, 0.5) is 0 Å². The number of benzene rings is 1. The van der Waals surface area contributed by atoms with E-state index in [2.05, 4.69) is 11.2 Å². The van der Waals surface area contributed by atoms with Crippen molar-refractivity contribution in [3.05, 3.63) is 28.9 Å². The number of rotatable bonds is 1. The van der Waals surface area contributed by atoms with Crippen molar-refractivity contribution in [1.82, 2.24) is 9.78 Å². The quantitative estimate of drug-likeness (QED) is 0.772. The molecule has 2 aromatic rings. The normalized spacial score (nSPS) is 20.9. The van der Waals surface area contributed by atoms with E-state index in [4.69, 9.17) is 16.3 Å². The Morgan fingerprint density at radius 1 is 1.41 bits per heavy atom. The Hall–Kier alpha value is -1.06. The van der Waals surface area contributed by atoms with Gasteiger partial charge in [0, 0.05) is 12.0 Å². The molecule has 1 aromatic carbocycles. The molecule has 0 aliphatic carbocycles. The second-order valence-corrected chi connectivity index (χ2v) is 4.92. The average molecular weight is 251 g/mol. The van der Waals surface area contributed by atoms with Gasteiger partial charge in [0.05, 0.1) is 16.7 Å². The van der Waals surface area contributed by atoms with E-state index in [1.54, 1.807) is 0 Å². The van der Waals surface area contributed by atoms with Gasteiger partial charge >= 0.3 is 0 Å². The third kappa shape index (κ3) is 1.83. The van der Waals surface area contributed by atoms with Crippen LogP contribution in [-0.4, -0.2) is 16.4 Å². The van der Waals surface area contributed by atoms with Crippen molar-refractivity contribution in [2.45, 2.75) is 32.4 Å². The molecule has 1 saturated heterocycles. The molecule has 90 valence electrons. The fourth-order valence-electron chi connectivity index (χ4n) is 2.34. The predicted octanol–water partition coefficient (Wildman–Crippen LogP) is 3.70. The van der Waals surface area contributed by atoms with Crippen LogP contribution in [-0.2, 0) is 4.74 Å². The van der Waals surface area contributed by atoms with Crippen LogP contribution in [0.15, 0.2) is 18.3 Å². The molecule has 0 bridgehead atoms. The second-order valence-electron chi connectivity index (χ2n) is 4.54. The lowest BCUT2D eigenvalue weighted by atomic mass is 10.1. The van der Waals surface area contributed by atoms with Crippen molar-refractivity contribution in [2.75, 3.05) is 6.61 Å². The van der Waals surface area contributed by atoms with Gasteiger partial charge in [-0.05, 0) is 37.8 Å². The molecule has 1 aromatic heterocycles. The fraction of sp³-hybridized carbons (Fsp3) is 0.462. The van der Waals surface area contributed by atoms with E-state index >= 15 is 0 Å². The molecule has 1 fully saturated rings. The number of halogens is 1. The maximum atomic E-state index is 6.28. The molecule has 0 saturated carbocycles. The van der Waals surface area contributed by atoms with Gasteiger partial charge in [-0.3, -0.25) is 0 Å². The van der Waals surface area contributed by atoms with Gasteiger partial charge in [-0.1, -0.05) is 17.7 Å². The standard InChI is InChI=1S/C13H15ClN2O/c1-9-5-6-11-10(13(9)14)8-15-16(11)12-4-2-3-7-17-12/h5-6,8,12H,2-4,7H2,1H3. The molecule has 1 aliphatic rings. The smallest absolute Gasteiger partial charge is 0.150 e. The van der Waals surface area contributed by atoms with Crippen molar-refractivity contribution in [1.29, 1.82) is 0 Å². The van der Waals surface area contributed by atoms with Crippen molar-refractivity contribution < 1.29 is 4.74 Å². The maximum Gasteiger partial charge on any atom is 0.150 e. The van der Waals surface area contributed by atoms with Gasteiger partial charge in [0.15, 0.2) is 6.23 Å². The number of ether oxygens (including phenoxy) is 1. The molecular weight excluding hydrogens is 236 g/mol. The van der Waals surface area contributed by atoms with E-state index in [0.717, 1.165) is 40.9 Å². The van der Waals surface area contributed by atoms with Gasteiger partial charge in [0.25, 0.3) is 0 Å². The zero-order chi connectivity index (χ0) is 11.8. The molecular formula is C13H15ClN2O. The fourth-order valence-corrected chi connectivity index (χ4v) is 2.55. The summed E-state index contributed by atoms with van der Waals surface area (Å²) in [5.74, 6) is 0. The number of nitrogens with zero attached hydrogens (tertiary/aromatic N) is 2. The van der Waals surface area contributed by atoms with E-state index in [1.807, 2.05) is 23.9 Å². The Balaban J connectivity index is 2.08. The van der Waals surface area contributed by atoms with Gasteiger partial charge < -0.3 is 4.74 Å². The zero-order valence-electron chi connectivity index (χ0n) is 9.82. The van der Waals surface area contributed by atoms with E-state index < -0.39 is 0 Å². The Morgan fingerprint density at radius 3 is 3.06 bits per heavy atom. The molecule has 0 spiro atoms. The third-order valence-electron chi connectivity index (χ3n) is 3.34. The van der Waals surface area contributed by atoms with Gasteiger partial charge in [-0.25, -0.2) is 4.68 Å². The first kappa shape index (κ1) is 11.1. The number of hydrogen-bond acceptors (Lipinski definition) is 2. The monoisotopic (exact) mass is 250 g/mol. The van der Waals surface area contributed by atoms with Crippen LogP contribution >= 0.6 is 11.6 Å². The largest absolute Gasteiger partial charge is 0.356 e. The predicted molar refractivity (Wildman–Crippen MR) is 68.3 cm³/mol. The van der Waals surface area contributed by atoms with Crippen molar-refractivity contribution >= 4 is 22.5 Å². The SMILES string of the molecule is Cc1ccc2c(cnn2C2CCCCO2)c1Cl. The Labute approximate surface area is 105 Å². The summed E-state index contributed by atoms with van der Waals surface area (Å²) in [5, 5.41) is 6.24. The molecule has 17 heavy (non-hydrogen) atoms. The highest BCUT2D eigenvalue weighted by molar-refractivity contribution is 6.36. The number of aromatic nitrogens is 2. The summed E-state index contributed by atoms with van der Waals surface area (Å²) >= 11 is 6.28. The summed E-state index contributed by atoms with van der Waals surface area (Å²) in [6.45, 7) is 2.84. The van der Waals surface area contributed by atoms with Crippen molar-refractivity contribution in [3.8, 4) is 0 Å². The van der Waals surface area contributed by atoms with E-state index in [-0.39, 0.29) is 6.23 Å². The minimum atomic E-state index is 0.0695. The lowest BCUT2D eigenvalue weighted by Crippen LogP contribution is -2.18. The Morgan fingerprint density at radius 2 is 2.29 bits per heavy atom. The zero-order valence-corrected chi connectivity index (χ0v) is 10.6. The molecule has 1 atom stereocenters. The van der Waals surface area contributed by atoms with Crippen LogP contribution in [0, 0.1) is 6.92 Å². The Bertz CT molecular complexity index is 544. The van der Waals surface area contributed by atoms with E-state index in [0.29, 0.717) is 0 Å². The lowest BCUT2D eigenvalue weighted by Gasteiger charge is -2.23. The van der Waals surface area contributed by atoms with Gasteiger partial charge in [-0.2, -0.15) is 5.10 Å². The maximum absolute atomic E-state index is 6.28. The lowest BCUT2D eigenvalue weighted by molar-refractivity contribution is -0.0366. The van der Waals surface area contributed by atoms with Crippen molar-refractivity contribution in [2.24, 2.45) is 0 Å². The number of fused-ring (bicyclic) bond motifs is 1. The summed E-state index contributed by atoms with van der Waals surface area (Å²) in [6, 6.07) is 4.10. The molecule has 1 unspecified atom stereocenters. The topological polar surface area (TPSA) is 27.1 Å². The summed E-state index contributed by atoms with van der Waals surface area (Å²) in [6.07, 6.45) is 5.28. The van der Waals surface area contributed by atoms with Gasteiger partial charge in [-0.15, -0.1) is 0 Å². The minimum Gasteiger partial charge on any atom is -0.356 e. The van der Waals surface area contributed by atoms with Gasteiger partial charge in [0.1, 0.15) is 0 Å². The van der Waals surface area contributed by atoms with Crippen LogP contribution in [0.5, 0.6) is 0 Å². The highest BCUT2D eigenvalue weighted by Gasteiger charge is 2.19. The summed E-state index contributed by atoms with van der Waals surface area (Å²) in [4.78, 5) is 0. The van der Waals surface area contributed by atoms with E-state index in [9.17, 15) is 0 Å². The third-order valence-corrected chi connectivity index (χ3v) is 3.84. The Kier molecular flexibility index (Phi) is 2.81. The van der Waals surface area contributed by atoms with Crippen LogP contribution in [0.3, 0.4) is 0 Å². The average Bonchev–Trinajstić information content (AvgIpc) is 2.79.